The number of esters is 4. The molecule has 218 valence electrons. The van der Waals surface area contributed by atoms with Crippen LogP contribution in [-0.4, -0.2) is 99.3 Å². The number of rotatable bonds is 9. The summed E-state index contributed by atoms with van der Waals surface area (Å²) in [6.07, 6.45) is -7.06. The zero-order valence-electron chi connectivity index (χ0n) is 22.4. The molecule has 3 fully saturated rings. The number of fused-ring (bicyclic) bond motifs is 2. The van der Waals surface area contributed by atoms with E-state index >= 15 is 0 Å². The van der Waals surface area contributed by atoms with E-state index < -0.39 is 77.9 Å². The molecule has 40 heavy (non-hydrogen) atoms. The molecule has 11 nitrogen and oxygen atoms in total. The summed E-state index contributed by atoms with van der Waals surface area (Å²) in [7, 11) is 0. The van der Waals surface area contributed by atoms with E-state index in [9.17, 15) is 24.0 Å². The maximum atomic E-state index is 13.4. The fourth-order valence-corrected chi connectivity index (χ4v) is 8.69. The summed E-state index contributed by atoms with van der Waals surface area (Å²) in [4.78, 5) is 61.0. The number of hydrogen-bond donors (Lipinski definition) is 0. The third kappa shape index (κ3) is 6.86. The fourth-order valence-electron chi connectivity index (χ4n) is 5.39. The van der Waals surface area contributed by atoms with E-state index in [2.05, 4.69) is 0 Å². The van der Waals surface area contributed by atoms with Crippen LogP contribution in [0.3, 0.4) is 0 Å². The van der Waals surface area contributed by atoms with Gasteiger partial charge in [0, 0.05) is 0 Å². The SMILES string of the molecule is CC(=O)OC[C@H]1O[C@H](C[C@H]2C(=O)[C@@H]3O[C@H]2[C@@H]([Se]c2ccccc2)[C@@H]3Cl)[C@@H](OC(C)=O)[C@@H](OC(C)=O)[C@@H]1OC(C)=O. The summed E-state index contributed by atoms with van der Waals surface area (Å²) in [5, 5.41) is -0.482. The average molecular weight is 646 g/mol. The molecular formula is C27H31ClO11Se. The molecule has 0 radical (unpaired) electrons. The molecular weight excluding hydrogens is 615 g/mol. The Bertz CT molecular complexity index is 1130. The standard InChI is InChI=1S/C27H31ClO11Se/c1-12(29)34-11-19-24(36-14(3)31)26(37-15(4)32)23(35-13(2)30)18(38-19)10-17-21(33)25-20(28)27(22(17)39-25)40-16-8-6-5-7-9-16/h5-9,17-20,22-27H,10-11H2,1-4H3/t17-,18+,19+,20+,22+,23+,24+,25+,26+,27-/m0/s1. The molecule has 0 N–H and O–H groups in total. The van der Waals surface area contributed by atoms with Crippen LogP contribution in [0.2, 0.25) is 4.82 Å². The van der Waals surface area contributed by atoms with Gasteiger partial charge in [-0.25, -0.2) is 0 Å². The van der Waals surface area contributed by atoms with Crippen LogP contribution in [-0.2, 0) is 52.4 Å². The monoisotopic (exact) mass is 646 g/mol. The Hall–Kier alpha value is -2.50. The van der Waals surface area contributed by atoms with Crippen LogP contribution >= 0.6 is 11.6 Å². The molecule has 3 aliphatic rings. The molecule has 2 bridgehead atoms. The Morgan fingerprint density at radius 2 is 1.40 bits per heavy atom. The fraction of sp³-hybridized carbons (Fsp3) is 0.593. The Kier molecular flexibility index (Phi) is 9.89. The van der Waals surface area contributed by atoms with Gasteiger partial charge < -0.3 is 0 Å². The molecule has 0 saturated carbocycles. The van der Waals surface area contributed by atoms with E-state index in [1.807, 2.05) is 30.3 Å². The number of carbonyl (C=O) groups is 5. The maximum absolute atomic E-state index is 13.4. The first-order valence-electron chi connectivity index (χ1n) is 12.8. The predicted octanol–water partition coefficient (Wildman–Crippen LogP) is 0.894. The molecule has 0 amide bonds. The summed E-state index contributed by atoms with van der Waals surface area (Å²) in [5.74, 6) is -3.56. The molecule has 0 spiro atoms. The van der Waals surface area contributed by atoms with Crippen molar-refractivity contribution in [3.63, 3.8) is 0 Å². The second-order valence-electron chi connectivity index (χ2n) is 9.84. The van der Waals surface area contributed by atoms with E-state index in [1.54, 1.807) is 0 Å². The van der Waals surface area contributed by atoms with Crippen molar-refractivity contribution in [1.82, 2.24) is 0 Å². The van der Waals surface area contributed by atoms with Crippen LogP contribution in [0, 0.1) is 5.92 Å². The predicted molar refractivity (Wildman–Crippen MR) is 139 cm³/mol. The first kappa shape index (κ1) is 30.5. The molecule has 1 aromatic carbocycles. The van der Waals surface area contributed by atoms with Gasteiger partial charge in [-0.1, -0.05) is 0 Å². The van der Waals surface area contributed by atoms with Crippen molar-refractivity contribution >= 4 is 60.7 Å². The van der Waals surface area contributed by atoms with Crippen LogP contribution < -0.4 is 4.46 Å². The van der Waals surface area contributed by atoms with Gasteiger partial charge in [-0.2, -0.15) is 0 Å². The van der Waals surface area contributed by atoms with Crippen molar-refractivity contribution in [2.75, 3.05) is 6.61 Å². The Balaban J connectivity index is 1.64. The molecule has 3 aliphatic heterocycles. The van der Waals surface area contributed by atoms with Gasteiger partial charge in [0.1, 0.15) is 0 Å². The van der Waals surface area contributed by atoms with Gasteiger partial charge in [0.2, 0.25) is 0 Å². The molecule has 0 aromatic heterocycles. The molecule has 3 saturated heterocycles. The van der Waals surface area contributed by atoms with Crippen molar-refractivity contribution in [3.8, 4) is 0 Å². The van der Waals surface area contributed by atoms with Crippen LogP contribution in [0.25, 0.3) is 0 Å². The molecule has 3 heterocycles. The van der Waals surface area contributed by atoms with E-state index in [1.165, 1.54) is 13.8 Å². The van der Waals surface area contributed by atoms with Gasteiger partial charge in [-0.05, 0) is 0 Å². The Morgan fingerprint density at radius 1 is 0.825 bits per heavy atom. The number of alkyl halides is 1. The molecule has 13 heteroatoms. The third-order valence-corrected chi connectivity index (χ3v) is 10.6. The van der Waals surface area contributed by atoms with Crippen LogP contribution in [0.5, 0.6) is 0 Å². The van der Waals surface area contributed by atoms with Crippen molar-refractivity contribution in [2.24, 2.45) is 5.92 Å². The summed E-state index contributed by atoms with van der Waals surface area (Å²) in [6, 6.07) is 9.81. The first-order valence-corrected chi connectivity index (χ1v) is 15.1. The number of ketones is 1. The number of halogens is 1. The number of ether oxygens (including phenoxy) is 6. The second kappa shape index (κ2) is 13.0. The number of hydrogen-bond acceptors (Lipinski definition) is 11. The van der Waals surface area contributed by atoms with Crippen LogP contribution in [0.1, 0.15) is 34.1 Å². The summed E-state index contributed by atoms with van der Waals surface area (Å²) in [5.41, 5.74) is 0. The number of benzene rings is 1. The molecule has 0 aliphatic carbocycles. The summed E-state index contributed by atoms with van der Waals surface area (Å²) < 4.78 is 35.0. The van der Waals surface area contributed by atoms with Crippen molar-refractivity contribution < 1.29 is 52.4 Å². The molecule has 1 aromatic rings. The van der Waals surface area contributed by atoms with E-state index in [-0.39, 0.29) is 38.6 Å². The Morgan fingerprint density at radius 3 is 1.95 bits per heavy atom. The minimum atomic E-state index is -1.29. The normalized spacial score (nSPS) is 34.7. The average Bonchev–Trinajstić information content (AvgIpc) is 3.36. The van der Waals surface area contributed by atoms with E-state index in [0.29, 0.717) is 0 Å². The molecule has 4 rings (SSSR count). The van der Waals surface area contributed by atoms with Gasteiger partial charge >= 0.3 is 243 Å². The van der Waals surface area contributed by atoms with Crippen molar-refractivity contribution in [2.45, 2.75) is 87.0 Å². The Labute approximate surface area is 242 Å². The van der Waals surface area contributed by atoms with Gasteiger partial charge in [-0.3, -0.25) is 0 Å². The summed E-state index contributed by atoms with van der Waals surface area (Å²) >= 11 is 6.59. The van der Waals surface area contributed by atoms with Crippen molar-refractivity contribution in [3.05, 3.63) is 30.3 Å². The van der Waals surface area contributed by atoms with Crippen LogP contribution in [0.15, 0.2) is 30.3 Å². The van der Waals surface area contributed by atoms with Crippen LogP contribution in [0.4, 0.5) is 0 Å². The van der Waals surface area contributed by atoms with Gasteiger partial charge in [-0.15, -0.1) is 0 Å². The van der Waals surface area contributed by atoms with Gasteiger partial charge in [0.15, 0.2) is 0 Å². The van der Waals surface area contributed by atoms with Gasteiger partial charge in [0.25, 0.3) is 0 Å². The van der Waals surface area contributed by atoms with E-state index in [4.69, 9.17) is 40.0 Å². The summed E-state index contributed by atoms with van der Waals surface area (Å²) in [6.45, 7) is 4.36. The van der Waals surface area contributed by atoms with Gasteiger partial charge in [0.05, 0.1) is 0 Å². The molecule has 10 atom stereocenters. The van der Waals surface area contributed by atoms with Crippen molar-refractivity contribution in [1.29, 1.82) is 0 Å². The zero-order chi connectivity index (χ0) is 29.1. The first-order chi connectivity index (χ1) is 19.0. The number of Topliss-reactive ketones (excluding diaryl/α,β-unsaturated/α-hetero) is 1. The number of carbonyl (C=O) groups excluding carboxylic acids is 5. The minimum absolute atomic E-state index is 0.0457. The topological polar surface area (TPSA) is 141 Å². The quantitative estimate of drug-likeness (QED) is 0.164. The van der Waals surface area contributed by atoms with E-state index in [0.717, 1.165) is 18.3 Å². The zero-order valence-corrected chi connectivity index (χ0v) is 24.8. The second-order valence-corrected chi connectivity index (χ2v) is 13.0. The molecule has 0 unspecified atom stereocenters. The third-order valence-electron chi connectivity index (χ3n) is 6.86.